The van der Waals surface area contributed by atoms with E-state index >= 15 is 0 Å². The number of hydrogen-bond acceptors (Lipinski definition) is 4. The predicted octanol–water partition coefficient (Wildman–Crippen LogP) is 2.76. The topological polar surface area (TPSA) is 86.7 Å². The molecule has 0 saturated carbocycles. The van der Waals surface area contributed by atoms with Crippen molar-refractivity contribution in [1.29, 1.82) is 0 Å². The molecule has 0 aromatic heterocycles. The van der Waals surface area contributed by atoms with Crippen molar-refractivity contribution in [2.45, 2.75) is 17.4 Å². The zero-order valence-corrected chi connectivity index (χ0v) is 15.7. The van der Waals surface area contributed by atoms with Crippen LogP contribution in [0, 0.1) is 17.5 Å². The molecule has 0 bridgehead atoms. The van der Waals surface area contributed by atoms with Crippen molar-refractivity contribution < 1.29 is 31.5 Å². The summed E-state index contributed by atoms with van der Waals surface area (Å²) in [6.45, 7) is 0.00755. The van der Waals surface area contributed by atoms with Crippen LogP contribution >= 0.6 is 11.6 Å². The summed E-state index contributed by atoms with van der Waals surface area (Å²) < 4.78 is 66.1. The van der Waals surface area contributed by atoms with Crippen molar-refractivity contribution in [1.82, 2.24) is 4.31 Å². The van der Waals surface area contributed by atoms with E-state index in [1.165, 1.54) is 12.1 Å². The van der Waals surface area contributed by atoms with Gasteiger partial charge in [0.05, 0.1) is 11.1 Å². The van der Waals surface area contributed by atoms with Gasteiger partial charge in [-0.15, -0.1) is 0 Å². The van der Waals surface area contributed by atoms with E-state index in [4.69, 9.17) is 11.6 Å². The molecule has 2 aromatic carbocycles. The van der Waals surface area contributed by atoms with E-state index in [1.807, 2.05) is 0 Å². The number of rotatable bonds is 4. The number of halogens is 4. The third-order valence-electron chi connectivity index (χ3n) is 4.18. The minimum atomic E-state index is -4.06. The average molecular weight is 435 g/mol. The number of hydrogen-bond donors (Lipinski definition) is 2. The molecule has 150 valence electrons. The lowest BCUT2D eigenvalue weighted by molar-refractivity contribution is 0.102. The molecule has 28 heavy (non-hydrogen) atoms. The van der Waals surface area contributed by atoms with Crippen LogP contribution in [0.2, 0.25) is 5.02 Å². The summed E-state index contributed by atoms with van der Waals surface area (Å²) in [6, 6.07) is 4.63. The summed E-state index contributed by atoms with van der Waals surface area (Å²) in [5.41, 5.74) is -0.490. The maximum Gasteiger partial charge on any atom is 0.255 e. The van der Waals surface area contributed by atoms with Crippen LogP contribution in [0.4, 0.5) is 18.9 Å². The number of nitrogens with one attached hydrogen (secondary N) is 1. The Hall–Kier alpha value is -2.14. The third kappa shape index (κ3) is 4.00. The van der Waals surface area contributed by atoms with Crippen LogP contribution in [0.1, 0.15) is 16.8 Å². The molecule has 0 spiro atoms. The molecular formula is C17H14ClF3N2O4S. The summed E-state index contributed by atoms with van der Waals surface area (Å²) in [6.07, 6.45) is -0.512. The van der Waals surface area contributed by atoms with E-state index in [1.54, 1.807) is 0 Å². The second kappa shape index (κ2) is 7.70. The third-order valence-corrected chi connectivity index (χ3v) is 6.53. The predicted molar refractivity (Wildman–Crippen MR) is 95.1 cm³/mol. The van der Waals surface area contributed by atoms with E-state index in [9.17, 15) is 31.5 Å². The van der Waals surface area contributed by atoms with Gasteiger partial charge in [0, 0.05) is 36.5 Å². The zero-order valence-electron chi connectivity index (χ0n) is 14.1. The van der Waals surface area contributed by atoms with E-state index < -0.39 is 39.5 Å². The Bertz CT molecular complexity index is 1030. The fourth-order valence-electron chi connectivity index (χ4n) is 2.74. The first-order valence-electron chi connectivity index (χ1n) is 8.03. The molecule has 0 radical (unpaired) electrons. The van der Waals surface area contributed by atoms with E-state index in [0.29, 0.717) is 12.1 Å². The Morgan fingerprint density at radius 3 is 2.39 bits per heavy atom. The Morgan fingerprint density at radius 2 is 1.82 bits per heavy atom. The number of benzene rings is 2. The molecule has 1 heterocycles. The summed E-state index contributed by atoms with van der Waals surface area (Å²) >= 11 is 5.98. The molecule has 1 aliphatic rings. The molecule has 1 saturated heterocycles. The first kappa shape index (κ1) is 20.6. The smallest absolute Gasteiger partial charge is 0.255 e. The highest BCUT2D eigenvalue weighted by molar-refractivity contribution is 7.89. The van der Waals surface area contributed by atoms with E-state index in [0.717, 1.165) is 10.4 Å². The molecule has 0 aliphatic carbocycles. The van der Waals surface area contributed by atoms with Crippen LogP contribution in [-0.4, -0.2) is 42.9 Å². The van der Waals surface area contributed by atoms with Crippen LogP contribution in [0.15, 0.2) is 35.2 Å². The maximum absolute atomic E-state index is 13.3. The second-order valence-electron chi connectivity index (χ2n) is 6.16. The molecule has 3 rings (SSSR count). The molecule has 1 atom stereocenters. The SMILES string of the molecule is O=C(Nc1cc(F)c(F)c(F)c1)c1ccc(Cl)c(S(=O)(=O)N2CCC(O)C2)c1. The zero-order chi connectivity index (χ0) is 20.6. The van der Waals surface area contributed by atoms with Crippen molar-refractivity contribution in [3.63, 3.8) is 0 Å². The fourth-order valence-corrected chi connectivity index (χ4v) is 4.73. The van der Waals surface area contributed by atoms with Crippen molar-refractivity contribution >= 4 is 33.2 Å². The Morgan fingerprint density at radius 1 is 1.18 bits per heavy atom. The molecule has 6 nitrogen and oxygen atoms in total. The van der Waals surface area contributed by atoms with Crippen LogP contribution in [0.25, 0.3) is 0 Å². The number of aliphatic hydroxyl groups is 1. The van der Waals surface area contributed by atoms with Gasteiger partial charge in [-0.3, -0.25) is 4.79 Å². The molecule has 2 aromatic rings. The van der Waals surface area contributed by atoms with E-state index in [2.05, 4.69) is 5.32 Å². The lowest BCUT2D eigenvalue weighted by atomic mass is 10.2. The second-order valence-corrected chi connectivity index (χ2v) is 8.47. The summed E-state index contributed by atoms with van der Waals surface area (Å²) in [4.78, 5) is 12.0. The Balaban J connectivity index is 1.90. The number of carbonyl (C=O) groups excluding carboxylic acids is 1. The molecular weight excluding hydrogens is 421 g/mol. The highest BCUT2D eigenvalue weighted by Crippen LogP contribution is 2.28. The molecule has 1 fully saturated rings. The number of aliphatic hydroxyl groups excluding tert-OH is 1. The number of carbonyl (C=O) groups is 1. The van der Waals surface area contributed by atoms with Gasteiger partial charge in [0.1, 0.15) is 4.90 Å². The van der Waals surface area contributed by atoms with Gasteiger partial charge >= 0.3 is 0 Å². The van der Waals surface area contributed by atoms with Crippen molar-refractivity contribution in [2.24, 2.45) is 0 Å². The van der Waals surface area contributed by atoms with Gasteiger partial charge in [0.25, 0.3) is 5.91 Å². The molecule has 1 aliphatic heterocycles. The van der Waals surface area contributed by atoms with E-state index in [-0.39, 0.29) is 40.7 Å². The van der Waals surface area contributed by atoms with Crippen molar-refractivity contribution in [3.05, 3.63) is 58.4 Å². The highest BCUT2D eigenvalue weighted by atomic mass is 35.5. The standard InChI is InChI=1S/C17H14ClF3N2O4S/c18-12-2-1-9(5-15(12)28(26,27)23-4-3-11(24)8-23)17(25)22-10-6-13(19)16(21)14(20)7-10/h1-2,5-7,11,24H,3-4,8H2,(H,22,25). The minimum absolute atomic E-state index is 0.0940. The molecule has 2 N–H and O–H groups in total. The maximum atomic E-state index is 13.3. The lowest BCUT2D eigenvalue weighted by Gasteiger charge is -2.17. The number of β-amino-alcohol motifs (C(OH)–C–C–N with tert-alkyl or cyclic N) is 1. The van der Waals surface area contributed by atoms with Crippen LogP contribution in [0.5, 0.6) is 0 Å². The summed E-state index contributed by atoms with van der Waals surface area (Å²) in [5, 5.41) is 11.6. The minimum Gasteiger partial charge on any atom is -0.392 e. The quantitative estimate of drug-likeness (QED) is 0.724. The Labute approximate surface area is 163 Å². The van der Waals surface area contributed by atoms with Gasteiger partial charge in [0.15, 0.2) is 17.5 Å². The molecule has 1 amide bonds. The number of nitrogens with zero attached hydrogens (tertiary/aromatic N) is 1. The van der Waals surface area contributed by atoms with Gasteiger partial charge in [-0.05, 0) is 24.6 Å². The van der Waals surface area contributed by atoms with Crippen LogP contribution in [-0.2, 0) is 10.0 Å². The van der Waals surface area contributed by atoms with Crippen LogP contribution < -0.4 is 5.32 Å². The fraction of sp³-hybridized carbons (Fsp3) is 0.235. The Kier molecular flexibility index (Phi) is 5.67. The number of sulfonamides is 1. The number of anilines is 1. The first-order chi connectivity index (χ1) is 13.1. The first-order valence-corrected chi connectivity index (χ1v) is 9.85. The monoisotopic (exact) mass is 434 g/mol. The summed E-state index contributed by atoms with van der Waals surface area (Å²) in [5.74, 6) is -5.52. The van der Waals surface area contributed by atoms with Gasteiger partial charge in [-0.2, -0.15) is 4.31 Å². The molecule has 11 heteroatoms. The average Bonchev–Trinajstić information content (AvgIpc) is 3.07. The summed E-state index contributed by atoms with van der Waals surface area (Å²) in [7, 11) is -4.06. The van der Waals surface area contributed by atoms with Gasteiger partial charge in [-0.1, -0.05) is 11.6 Å². The van der Waals surface area contributed by atoms with Gasteiger partial charge in [-0.25, -0.2) is 21.6 Å². The largest absolute Gasteiger partial charge is 0.392 e. The normalized spacial score (nSPS) is 17.7. The molecule has 1 unspecified atom stereocenters. The van der Waals surface area contributed by atoms with Crippen molar-refractivity contribution in [3.8, 4) is 0 Å². The lowest BCUT2D eigenvalue weighted by Crippen LogP contribution is -2.30. The van der Waals surface area contributed by atoms with Crippen LogP contribution in [0.3, 0.4) is 0 Å². The van der Waals surface area contributed by atoms with Gasteiger partial charge in [0.2, 0.25) is 10.0 Å². The highest BCUT2D eigenvalue weighted by Gasteiger charge is 2.33. The number of amides is 1. The van der Waals surface area contributed by atoms with Crippen molar-refractivity contribution in [2.75, 3.05) is 18.4 Å². The van der Waals surface area contributed by atoms with Gasteiger partial charge < -0.3 is 10.4 Å².